The lowest BCUT2D eigenvalue weighted by Crippen LogP contribution is -2.30. The van der Waals surface area contributed by atoms with Crippen molar-refractivity contribution in [2.24, 2.45) is 11.8 Å². The second-order valence-corrected chi connectivity index (χ2v) is 8.10. The van der Waals surface area contributed by atoms with E-state index in [1.165, 1.54) is 4.80 Å². The second-order valence-electron chi connectivity index (χ2n) is 8.10. The van der Waals surface area contributed by atoms with E-state index < -0.39 is 0 Å². The predicted molar refractivity (Wildman–Crippen MR) is 117 cm³/mol. The number of hydrogen-bond acceptors (Lipinski definition) is 7. The molecule has 2 aliphatic rings. The third-order valence-corrected chi connectivity index (χ3v) is 6.10. The van der Waals surface area contributed by atoms with Crippen LogP contribution in [-0.2, 0) is 0 Å². The van der Waals surface area contributed by atoms with Crippen LogP contribution in [0.1, 0.15) is 28.2 Å². The van der Waals surface area contributed by atoms with Crippen LogP contribution in [0.5, 0.6) is 11.6 Å². The molecule has 1 amide bonds. The average molecular weight is 432 g/mol. The van der Waals surface area contributed by atoms with Gasteiger partial charge in [0.1, 0.15) is 11.4 Å². The average Bonchev–Trinajstić information content (AvgIpc) is 3.55. The molecule has 1 saturated heterocycles. The molecule has 0 spiro atoms. The molecule has 0 bridgehead atoms. The lowest BCUT2D eigenvalue weighted by Gasteiger charge is -2.19. The van der Waals surface area contributed by atoms with E-state index in [4.69, 9.17) is 9.47 Å². The highest BCUT2D eigenvalue weighted by Gasteiger charge is 2.40. The van der Waals surface area contributed by atoms with Crippen molar-refractivity contribution in [3.63, 3.8) is 0 Å². The highest BCUT2D eigenvalue weighted by Crippen LogP contribution is 2.42. The number of nitrogens with zero attached hydrogens (tertiary/aromatic N) is 6. The van der Waals surface area contributed by atoms with Crippen molar-refractivity contribution < 1.29 is 14.3 Å². The van der Waals surface area contributed by atoms with Gasteiger partial charge in [0.25, 0.3) is 5.91 Å². The molecule has 0 saturated carbocycles. The van der Waals surface area contributed by atoms with E-state index in [1.54, 1.807) is 44.9 Å². The van der Waals surface area contributed by atoms with Gasteiger partial charge < -0.3 is 14.4 Å². The molecule has 3 heterocycles. The van der Waals surface area contributed by atoms with Crippen molar-refractivity contribution in [3.05, 3.63) is 59.8 Å². The maximum atomic E-state index is 13.5. The van der Waals surface area contributed by atoms with Crippen LogP contribution in [0.2, 0.25) is 0 Å². The summed E-state index contributed by atoms with van der Waals surface area (Å²) in [7, 11) is 3.20. The summed E-state index contributed by atoms with van der Waals surface area (Å²) in [5, 5.41) is 8.39. The summed E-state index contributed by atoms with van der Waals surface area (Å²) in [6.45, 7) is 3.25. The van der Waals surface area contributed by atoms with Crippen molar-refractivity contribution in [1.29, 1.82) is 0 Å². The first-order valence-corrected chi connectivity index (χ1v) is 10.5. The largest absolute Gasteiger partial charge is 0.497 e. The van der Waals surface area contributed by atoms with Gasteiger partial charge in [-0.1, -0.05) is 6.08 Å². The highest BCUT2D eigenvalue weighted by atomic mass is 16.5. The first kappa shape index (κ1) is 20.2. The number of ether oxygens (including phenoxy) is 2. The SMILES string of the molecule is COc1ccc(-n2nccn2)c(C(=O)N2CC3C=C(c4nc(C)cnc4OC)CC3C2)c1. The van der Waals surface area contributed by atoms with E-state index in [2.05, 4.69) is 26.2 Å². The number of carbonyl (C=O) groups excluding carboxylic acids is 1. The molecule has 1 aliphatic carbocycles. The Morgan fingerprint density at radius 3 is 2.66 bits per heavy atom. The molecule has 5 rings (SSSR count). The van der Waals surface area contributed by atoms with Crippen LogP contribution in [0, 0.1) is 18.8 Å². The summed E-state index contributed by atoms with van der Waals surface area (Å²) >= 11 is 0. The Morgan fingerprint density at radius 2 is 1.94 bits per heavy atom. The summed E-state index contributed by atoms with van der Waals surface area (Å²) in [6.07, 6.45) is 7.96. The quantitative estimate of drug-likeness (QED) is 0.611. The van der Waals surface area contributed by atoms with Gasteiger partial charge in [-0.25, -0.2) is 9.97 Å². The first-order valence-electron chi connectivity index (χ1n) is 10.5. The maximum Gasteiger partial charge on any atom is 0.256 e. The molecule has 9 nitrogen and oxygen atoms in total. The van der Waals surface area contributed by atoms with E-state index in [0.717, 1.165) is 23.4 Å². The van der Waals surface area contributed by atoms with Gasteiger partial charge in [-0.3, -0.25) is 4.79 Å². The number of likely N-dealkylation sites (tertiary alicyclic amines) is 1. The number of aryl methyl sites for hydroxylation is 1. The lowest BCUT2D eigenvalue weighted by atomic mass is 9.99. The topological polar surface area (TPSA) is 95.3 Å². The molecule has 1 aromatic carbocycles. The minimum Gasteiger partial charge on any atom is -0.497 e. The van der Waals surface area contributed by atoms with Crippen molar-refractivity contribution in [2.75, 3.05) is 27.3 Å². The van der Waals surface area contributed by atoms with E-state index in [-0.39, 0.29) is 11.8 Å². The van der Waals surface area contributed by atoms with Crippen LogP contribution in [0.25, 0.3) is 11.3 Å². The summed E-state index contributed by atoms with van der Waals surface area (Å²) in [5.41, 5.74) is 3.96. The third kappa shape index (κ3) is 3.49. The van der Waals surface area contributed by atoms with Crippen LogP contribution >= 0.6 is 0 Å². The zero-order valence-electron chi connectivity index (χ0n) is 18.2. The normalized spacial score (nSPS) is 19.6. The summed E-state index contributed by atoms with van der Waals surface area (Å²) in [6, 6.07) is 5.37. The lowest BCUT2D eigenvalue weighted by molar-refractivity contribution is 0.0784. The molecule has 0 N–H and O–H groups in total. The molecule has 32 heavy (non-hydrogen) atoms. The number of allylic oxidation sites excluding steroid dienone is 1. The Morgan fingerprint density at radius 1 is 1.12 bits per heavy atom. The third-order valence-electron chi connectivity index (χ3n) is 6.10. The van der Waals surface area contributed by atoms with Crippen molar-refractivity contribution in [2.45, 2.75) is 13.3 Å². The Bertz CT molecular complexity index is 1190. The Kier molecular flexibility index (Phi) is 5.08. The van der Waals surface area contributed by atoms with Crippen LogP contribution in [0.15, 0.2) is 42.9 Å². The fraction of sp³-hybridized carbons (Fsp3) is 0.348. The molecule has 2 aromatic heterocycles. The fourth-order valence-electron chi connectivity index (χ4n) is 4.57. The van der Waals surface area contributed by atoms with E-state index >= 15 is 0 Å². The van der Waals surface area contributed by atoms with Crippen LogP contribution in [-0.4, -0.2) is 63.1 Å². The van der Waals surface area contributed by atoms with Crippen molar-refractivity contribution in [3.8, 4) is 17.3 Å². The molecule has 1 aliphatic heterocycles. The second kappa shape index (κ2) is 8.07. The van der Waals surface area contributed by atoms with E-state index in [9.17, 15) is 4.79 Å². The Hall–Kier alpha value is -3.75. The van der Waals surface area contributed by atoms with E-state index in [1.807, 2.05) is 17.9 Å². The number of carbonyl (C=O) groups is 1. The summed E-state index contributed by atoms with van der Waals surface area (Å²) < 4.78 is 10.8. The van der Waals surface area contributed by atoms with Gasteiger partial charge in [0.15, 0.2) is 0 Å². The van der Waals surface area contributed by atoms with Crippen LogP contribution in [0.4, 0.5) is 0 Å². The molecule has 1 fully saturated rings. The molecule has 2 atom stereocenters. The molecule has 3 aromatic rings. The fourth-order valence-corrected chi connectivity index (χ4v) is 4.57. The maximum absolute atomic E-state index is 13.5. The standard InChI is InChI=1S/C23H24N6O3/c1-14-11-24-22(32-3)21(27-14)15-8-16-12-28(13-17(16)9-15)23(30)19-10-18(31-2)4-5-20(19)29-25-6-7-26-29/h4-8,10-11,16-17H,9,12-13H2,1-3H3. The van der Waals surface area contributed by atoms with Crippen LogP contribution in [0.3, 0.4) is 0 Å². The van der Waals surface area contributed by atoms with Crippen molar-refractivity contribution in [1.82, 2.24) is 29.9 Å². The number of benzene rings is 1. The van der Waals surface area contributed by atoms with Gasteiger partial charge in [-0.15, -0.1) is 0 Å². The highest BCUT2D eigenvalue weighted by molar-refractivity contribution is 5.98. The monoisotopic (exact) mass is 432 g/mol. The van der Waals surface area contributed by atoms with Gasteiger partial charge in [0.05, 0.1) is 49.8 Å². The molecule has 0 radical (unpaired) electrons. The number of hydrogen-bond donors (Lipinski definition) is 0. The number of amides is 1. The van der Waals surface area contributed by atoms with Crippen molar-refractivity contribution >= 4 is 11.5 Å². The number of methoxy groups -OCH3 is 2. The zero-order chi connectivity index (χ0) is 22.2. The zero-order valence-corrected chi connectivity index (χ0v) is 18.2. The van der Waals surface area contributed by atoms with Gasteiger partial charge in [-0.2, -0.15) is 15.0 Å². The molecular formula is C23H24N6O3. The summed E-state index contributed by atoms with van der Waals surface area (Å²) in [4.78, 5) is 25.9. The molecule has 164 valence electrons. The molecular weight excluding hydrogens is 408 g/mol. The summed E-state index contributed by atoms with van der Waals surface area (Å²) in [5.74, 6) is 1.74. The molecule has 2 unspecified atom stereocenters. The molecule has 9 heteroatoms. The number of rotatable bonds is 5. The Labute approximate surface area is 185 Å². The minimum absolute atomic E-state index is 0.0477. The number of aromatic nitrogens is 5. The number of fused-ring (bicyclic) bond motifs is 1. The Balaban J connectivity index is 1.40. The smallest absolute Gasteiger partial charge is 0.256 e. The van der Waals surface area contributed by atoms with E-state index in [0.29, 0.717) is 41.9 Å². The predicted octanol–water partition coefficient (Wildman–Crippen LogP) is 2.56. The first-order chi connectivity index (χ1) is 15.6. The minimum atomic E-state index is -0.0477. The van der Waals surface area contributed by atoms with Gasteiger partial charge in [-0.05, 0) is 49.0 Å². The van der Waals surface area contributed by atoms with Gasteiger partial charge >= 0.3 is 0 Å². The van der Waals surface area contributed by atoms with Gasteiger partial charge in [0.2, 0.25) is 5.88 Å². The van der Waals surface area contributed by atoms with Crippen LogP contribution < -0.4 is 9.47 Å². The van der Waals surface area contributed by atoms with Gasteiger partial charge in [0, 0.05) is 13.1 Å².